The van der Waals surface area contributed by atoms with Crippen molar-refractivity contribution in [3.8, 4) is 0 Å². The maximum atomic E-state index is 14.2. The number of aliphatic imine (C=N–C) groups is 1. The Balaban J connectivity index is 1.46. The molecule has 9 nitrogen and oxygen atoms in total. The summed E-state index contributed by atoms with van der Waals surface area (Å²) in [6.07, 6.45) is 0.784. The molecule has 0 aromatic heterocycles. The van der Waals surface area contributed by atoms with Gasteiger partial charge in [0, 0.05) is 17.7 Å². The number of nitrogens with one attached hydrogen (secondary N) is 1. The molecule has 2 atom stereocenters. The van der Waals surface area contributed by atoms with Crippen molar-refractivity contribution in [2.45, 2.75) is 62.9 Å². The first-order valence-electron chi connectivity index (χ1n) is 13.7. The molecule has 3 N–H and O–H groups in total. The minimum absolute atomic E-state index is 0.0861. The van der Waals surface area contributed by atoms with Gasteiger partial charge in [-0.05, 0) is 76.1 Å². The van der Waals surface area contributed by atoms with Gasteiger partial charge in [0.1, 0.15) is 16.9 Å². The normalized spacial score (nSPS) is 19.7. The van der Waals surface area contributed by atoms with Crippen molar-refractivity contribution in [3.63, 3.8) is 0 Å². The minimum atomic E-state index is -2.34. The second kappa shape index (κ2) is 11.0. The Labute approximate surface area is 248 Å². The number of aryl methyl sites for hydroxylation is 1. The van der Waals surface area contributed by atoms with Crippen LogP contribution >= 0.6 is 11.9 Å². The number of fused-ring (bicyclic) bond motifs is 2. The lowest BCUT2D eigenvalue weighted by Gasteiger charge is -2.36. The number of aliphatic hydroxyl groups is 1. The van der Waals surface area contributed by atoms with Gasteiger partial charge < -0.3 is 19.8 Å². The Bertz CT molecular complexity index is 1610. The van der Waals surface area contributed by atoms with E-state index in [0.29, 0.717) is 22.6 Å². The number of quaternary nitrogens is 1. The number of amidine groups is 1. The van der Waals surface area contributed by atoms with Crippen molar-refractivity contribution in [1.29, 1.82) is 0 Å². The summed E-state index contributed by atoms with van der Waals surface area (Å²) < 4.78 is 8.10. The van der Waals surface area contributed by atoms with Crippen molar-refractivity contribution in [2.24, 2.45) is 4.99 Å². The summed E-state index contributed by atoms with van der Waals surface area (Å²) in [5.74, 6) is -0.210. The second-order valence-corrected chi connectivity index (χ2v) is 12.5. The number of carbonyl (C=O) groups is 2. The van der Waals surface area contributed by atoms with Crippen LogP contribution in [0.5, 0.6) is 0 Å². The van der Waals surface area contributed by atoms with Crippen LogP contribution in [0.2, 0.25) is 0 Å². The smallest absolute Gasteiger partial charge is 0.556 e. The van der Waals surface area contributed by atoms with Crippen LogP contribution in [0.1, 0.15) is 57.2 Å². The Morgan fingerprint density at radius 3 is 2.50 bits per heavy atom. The zero-order valence-corrected chi connectivity index (χ0v) is 24.7. The number of Topliss-reactive ketones (excluding diaryl/α,β-unsaturated/α-hetero) is 1. The van der Waals surface area contributed by atoms with Crippen LogP contribution in [-0.4, -0.2) is 33.6 Å². The standard InChI is InChI=1S/C32H33N3O6S/c1-31(2,3)41-30(38)35(39,40)21-16-17-24-25(19-21)42-34-29(33-24)26-27(36)22-14-8-9-15-23(22)32(4,28(26)37)18-10-13-20-11-6-5-7-12-20/h5-9,11-12,14-17,19,36,39H,10,13,18H2,1-4H3,(H,33,34). The van der Waals surface area contributed by atoms with E-state index in [0.717, 1.165) is 30.4 Å². The summed E-state index contributed by atoms with van der Waals surface area (Å²) in [6, 6.07) is 21.6. The van der Waals surface area contributed by atoms with Gasteiger partial charge in [-0.2, -0.15) is 10.0 Å². The Kier molecular flexibility index (Phi) is 7.76. The van der Waals surface area contributed by atoms with Crippen LogP contribution in [0.4, 0.5) is 16.2 Å². The molecule has 0 saturated heterocycles. The lowest BCUT2D eigenvalue weighted by atomic mass is 9.67. The monoisotopic (exact) mass is 587 g/mol. The van der Waals surface area contributed by atoms with Gasteiger partial charge in [-0.3, -0.25) is 4.79 Å². The lowest BCUT2D eigenvalue weighted by Crippen LogP contribution is -2.48. The number of nitrogens with zero attached hydrogens (tertiary/aromatic N) is 2. The van der Waals surface area contributed by atoms with E-state index in [-0.39, 0.29) is 28.6 Å². The Hall–Kier alpha value is -3.96. The van der Waals surface area contributed by atoms with Gasteiger partial charge in [-0.15, -0.1) is 0 Å². The number of amides is 1. The van der Waals surface area contributed by atoms with Gasteiger partial charge >= 0.3 is 6.09 Å². The molecule has 42 heavy (non-hydrogen) atoms. The van der Waals surface area contributed by atoms with Gasteiger partial charge in [0.15, 0.2) is 17.3 Å². The molecular weight excluding hydrogens is 554 g/mol. The van der Waals surface area contributed by atoms with Crippen molar-refractivity contribution in [3.05, 3.63) is 100 Å². The number of ether oxygens (including phenoxy) is 1. The third kappa shape index (κ3) is 5.58. The van der Waals surface area contributed by atoms with Gasteiger partial charge in [-0.1, -0.05) is 59.4 Å². The number of ketones is 1. The highest BCUT2D eigenvalue weighted by atomic mass is 32.2. The topological polar surface area (TPSA) is 131 Å². The van der Waals surface area contributed by atoms with Crippen LogP contribution in [0.25, 0.3) is 5.76 Å². The number of carbonyl (C=O) groups excluding carboxylic acids is 2. The van der Waals surface area contributed by atoms with Crippen molar-refractivity contribution in [1.82, 2.24) is 9.53 Å². The molecule has 0 bridgehead atoms. The predicted octanol–water partition coefficient (Wildman–Crippen LogP) is 7.29. The lowest BCUT2D eigenvalue weighted by molar-refractivity contribution is -0.120. The number of benzene rings is 3. The van der Waals surface area contributed by atoms with E-state index < -0.39 is 21.9 Å². The fourth-order valence-electron chi connectivity index (χ4n) is 5.22. The van der Waals surface area contributed by atoms with Gasteiger partial charge in [0.2, 0.25) is 0 Å². The van der Waals surface area contributed by atoms with Crippen LogP contribution in [-0.2, 0) is 21.4 Å². The molecule has 1 heterocycles. The van der Waals surface area contributed by atoms with E-state index in [1.807, 2.05) is 43.3 Å². The molecular formula is C32H33N3O6S. The molecule has 0 radical (unpaired) electrons. The molecule has 0 saturated carbocycles. The second-order valence-electron chi connectivity index (χ2n) is 11.6. The number of aliphatic hydroxyl groups excluding tert-OH is 1. The molecule has 218 valence electrons. The summed E-state index contributed by atoms with van der Waals surface area (Å²) in [5, 5.41) is 34.5. The fourth-order valence-corrected chi connectivity index (χ4v) is 5.97. The number of hydrogen-bond donors (Lipinski definition) is 3. The summed E-state index contributed by atoms with van der Waals surface area (Å²) in [6.45, 7) is 6.69. The molecule has 0 spiro atoms. The molecule has 1 amide bonds. The average molecular weight is 588 g/mol. The number of hydrogen-bond acceptors (Lipinski definition) is 9. The first-order chi connectivity index (χ1) is 19.8. The maximum absolute atomic E-state index is 14.2. The zero-order valence-electron chi connectivity index (χ0n) is 23.9. The van der Waals surface area contributed by atoms with Gasteiger partial charge in [-0.25, -0.2) is 4.99 Å². The van der Waals surface area contributed by atoms with Crippen molar-refractivity contribution >= 4 is 46.8 Å². The van der Waals surface area contributed by atoms with Crippen LogP contribution in [0.3, 0.4) is 0 Å². The Morgan fingerprint density at radius 1 is 1.10 bits per heavy atom. The molecule has 3 aromatic carbocycles. The van der Waals surface area contributed by atoms with E-state index in [4.69, 9.17) is 4.74 Å². The van der Waals surface area contributed by atoms with Gasteiger partial charge in [0.25, 0.3) is 0 Å². The largest absolute Gasteiger partial charge is 0.583 e. The molecule has 1 aliphatic carbocycles. The molecule has 3 aromatic rings. The number of hydroxylamine groups is 2. The van der Waals surface area contributed by atoms with Crippen LogP contribution in [0.15, 0.2) is 88.3 Å². The van der Waals surface area contributed by atoms with Crippen LogP contribution in [0, 0.1) is 5.21 Å². The third-order valence-corrected chi connectivity index (χ3v) is 8.23. The van der Waals surface area contributed by atoms with Crippen molar-refractivity contribution in [2.75, 3.05) is 0 Å². The maximum Gasteiger partial charge on any atom is 0.556 e. The molecule has 2 unspecified atom stereocenters. The van der Waals surface area contributed by atoms with E-state index >= 15 is 0 Å². The zero-order chi connectivity index (χ0) is 30.3. The predicted molar refractivity (Wildman–Crippen MR) is 163 cm³/mol. The molecule has 10 heteroatoms. The SMILES string of the molecule is CC(C)(C)OC(=O)[N+]([O-])(O)c1ccc2c(c1)SNC(C1=C(O)c3ccccc3C(C)(CCCc3ccccc3)C1=O)=N2. The molecule has 1 aliphatic heterocycles. The first-order valence-corrected chi connectivity index (χ1v) is 14.5. The van der Waals surface area contributed by atoms with Crippen LogP contribution < -0.4 is 9.53 Å². The van der Waals surface area contributed by atoms with E-state index in [2.05, 4.69) is 21.8 Å². The highest BCUT2D eigenvalue weighted by Gasteiger charge is 2.45. The highest BCUT2D eigenvalue weighted by Crippen LogP contribution is 2.45. The summed E-state index contributed by atoms with van der Waals surface area (Å²) in [7, 11) is 0. The fraction of sp³-hybridized carbons (Fsp3) is 0.281. The minimum Gasteiger partial charge on any atom is -0.583 e. The average Bonchev–Trinajstić information content (AvgIpc) is 2.95. The van der Waals surface area contributed by atoms with Crippen molar-refractivity contribution < 1.29 is 24.6 Å². The quantitative estimate of drug-likeness (QED) is 0.119. The Morgan fingerprint density at radius 2 is 1.79 bits per heavy atom. The van der Waals surface area contributed by atoms with Gasteiger partial charge in [0.05, 0.1) is 16.0 Å². The molecule has 2 aliphatic rings. The van der Waals surface area contributed by atoms with E-state index in [1.165, 1.54) is 23.8 Å². The third-order valence-electron chi connectivity index (χ3n) is 7.39. The highest BCUT2D eigenvalue weighted by molar-refractivity contribution is 7.98. The summed E-state index contributed by atoms with van der Waals surface area (Å²) in [4.78, 5) is 29.2. The number of rotatable bonds is 6. The molecule has 5 rings (SSSR count). The molecule has 0 fully saturated rings. The van der Waals surface area contributed by atoms with E-state index in [9.17, 15) is 25.1 Å². The first kappa shape index (κ1) is 29.5. The summed E-state index contributed by atoms with van der Waals surface area (Å²) in [5.41, 5.74) is 0.917. The summed E-state index contributed by atoms with van der Waals surface area (Å²) >= 11 is 1.06. The van der Waals surface area contributed by atoms with E-state index in [1.54, 1.807) is 26.8 Å².